The molecule has 16 heavy (non-hydrogen) atoms. The van der Waals surface area contributed by atoms with Gasteiger partial charge < -0.3 is 5.73 Å². The molecule has 1 aromatic carbocycles. The molecule has 1 heterocycles. The van der Waals surface area contributed by atoms with Crippen molar-refractivity contribution in [2.24, 2.45) is 12.8 Å². The molecule has 0 aliphatic rings. The molecule has 4 heteroatoms. The normalized spacial score (nSPS) is 14.7. The zero-order valence-corrected chi connectivity index (χ0v) is 9.10. The van der Waals surface area contributed by atoms with E-state index in [-0.39, 0.29) is 6.54 Å². The zero-order chi connectivity index (χ0) is 11.6. The molecule has 2 N–H and O–H groups in total. The quantitative estimate of drug-likeness (QED) is 0.852. The van der Waals surface area contributed by atoms with E-state index in [9.17, 15) is 4.39 Å². The van der Waals surface area contributed by atoms with Crippen molar-refractivity contribution in [3.63, 3.8) is 0 Å². The Balaban J connectivity index is 2.48. The summed E-state index contributed by atoms with van der Waals surface area (Å²) < 4.78 is 16.4. The van der Waals surface area contributed by atoms with Crippen LogP contribution >= 0.6 is 0 Å². The van der Waals surface area contributed by atoms with Crippen LogP contribution in [0.25, 0.3) is 0 Å². The van der Waals surface area contributed by atoms with Crippen LogP contribution in [0.4, 0.5) is 4.39 Å². The fourth-order valence-corrected chi connectivity index (χ4v) is 1.70. The molecular weight excluding hydrogens is 205 g/mol. The van der Waals surface area contributed by atoms with Gasteiger partial charge in [-0.1, -0.05) is 30.3 Å². The lowest BCUT2D eigenvalue weighted by atomic mass is 9.92. The monoisotopic (exact) mass is 219 g/mol. The lowest BCUT2D eigenvalue weighted by Crippen LogP contribution is -2.32. The van der Waals surface area contributed by atoms with Crippen LogP contribution < -0.4 is 5.73 Å². The molecule has 0 bridgehead atoms. The third kappa shape index (κ3) is 1.72. The van der Waals surface area contributed by atoms with E-state index in [4.69, 9.17) is 5.73 Å². The van der Waals surface area contributed by atoms with Crippen LogP contribution in [0.1, 0.15) is 11.3 Å². The van der Waals surface area contributed by atoms with Crippen LogP contribution in [0.5, 0.6) is 0 Å². The SMILES string of the molecule is Cn1ccc(C(F)(CN)c2ccccc2)n1. The molecule has 0 spiro atoms. The van der Waals surface area contributed by atoms with Crippen molar-refractivity contribution >= 4 is 0 Å². The third-order valence-electron chi connectivity index (χ3n) is 2.63. The summed E-state index contributed by atoms with van der Waals surface area (Å²) in [6, 6.07) is 10.5. The van der Waals surface area contributed by atoms with Gasteiger partial charge in [0.2, 0.25) is 0 Å². The number of hydrogen-bond donors (Lipinski definition) is 1. The fourth-order valence-electron chi connectivity index (χ4n) is 1.70. The van der Waals surface area contributed by atoms with Crippen LogP contribution in [0.3, 0.4) is 0 Å². The predicted molar refractivity (Wildman–Crippen MR) is 60.6 cm³/mol. The Labute approximate surface area is 93.7 Å². The molecule has 0 radical (unpaired) electrons. The van der Waals surface area contributed by atoms with Crippen molar-refractivity contribution in [1.82, 2.24) is 9.78 Å². The van der Waals surface area contributed by atoms with Gasteiger partial charge in [0.25, 0.3) is 0 Å². The smallest absolute Gasteiger partial charge is 0.191 e. The second-order valence-electron chi connectivity index (χ2n) is 3.75. The zero-order valence-electron chi connectivity index (χ0n) is 9.10. The van der Waals surface area contributed by atoms with E-state index in [0.717, 1.165) is 0 Å². The van der Waals surface area contributed by atoms with Gasteiger partial charge in [0, 0.05) is 19.8 Å². The van der Waals surface area contributed by atoms with Gasteiger partial charge in [-0.15, -0.1) is 0 Å². The highest BCUT2D eigenvalue weighted by atomic mass is 19.1. The van der Waals surface area contributed by atoms with Crippen molar-refractivity contribution in [2.45, 2.75) is 5.67 Å². The topological polar surface area (TPSA) is 43.8 Å². The second-order valence-corrected chi connectivity index (χ2v) is 3.75. The van der Waals surface area contributed by atoms with Gasteiger partial charge in [-0.3, -0.25) is 4.68 Å². The van der Waals surface area contributed by atoms with Gasteiger partial charge in [-0.25, -0.2) is 4.39 Å². The van der Waals surface area contributed by atoms with Gasteiger partial charge in [0.1, 0.15) is 5.69 Å². The van der Waals surface area contributed by atoms with Crippen LogP contribution in [-0.4, -0.2) is 16.3 Å². The minimum absolute atomic E-state index is 0.117. The lowest BCUT2D eigenvalue weighted by Gasteiger charge is -2.21. The van der Waals surface area contributed by atoms with E-state index in [1.807, 2.05) is 6.07 Å². The van der Waals surface area contributed by atoms with E-state index < -0.39 is 5.67 Å². The summed E-state index contributed by atoms with van der Waals surface area (Å²) in [4.78, 5) is 0. The number of aryl methyl sites for hydroxylation is 1. The fraction of sp³-hybridized carbons (Fsp3) is 0.250. The Kier molecular flexibility index (Phi) is 2.75. The number of nitrogens with zero attached hydrogens (tertiary/aromatic N) is 2. The maximum Gasteiger partial charge on any atom is 0.191 e. The number of rotatable bonds is 3. The average molecular weight is 219 g/mol. The van der Waals surface area contributed by atoms with Gasteiger partial charge in [-0.2, -0.15) is 5.10 Å². The van der Waals surface area contributed by atoms with Crippen molar-refractivity contribution < 1.29 is 4.39 Å². The first kappa shape index (κ1) is 10.8. The molecule has 0 aliphatic carbocycles. The first-order chi connectivity index (χ1) is 7.66. The van der Waals surface area contributed by atoms with Crippen molar-refractivity contribution in [3.05, 3.63) is 53.9 Å². The van der Waals surface area contributed by atoms with Crippen LogP contribution in [0.15, 0.2) is 42.6 Å². The Morgan fingerprint density at radius 1 is 1.31 bits per heavy atom. The molecule has 2 rings (SSSR count). The molecule has 0 aliphatic heterocycles. The number of alkyl halides is 1. The molecular formula is C12H14FN3. The minimum atomic E-state index is -1.71. The predicted octanol–water partition coefficient (Wildman–Crippen LogP) is 1.59. The van der Waals surface area contributed by atoms with Gasteiger partial charge in [-0.05, 0) is 11.6 Å². The molecule has 1 unspecified atom stereocenters. The maximum atomic E-state index is 14.8. The standard InChI is InChI=1S/C12H14FN3/c1-16-8-7-11(15-16)12(13,9-14)10-5-3-2-4-6-10/h2-8H,9,14H2,1H3. The van der Waals surface area contributed by atoms with Gasteiger partial charge in [0.15, 0.2) is 5.67 Å². The van der Waals surface area contributed by atoms with E-state index in [2.05, 4.69) is 5.10 Å². The van der Waals surface area contributed by atoms with Crippen LogP contribution in [-0.2, 0) is 12.7 Å². The Hall–Kier alpha value is -1.68. The summed E-state index contributed by atoms with van der Waals surface area (Å²) in [5.41, 5.74) is 4.74. The average Bonchev–Trinajstić information content (AvgIpc) is 2.76. The number of nitrogens with two attached hydrogens (primary N) is 1. The molecule has 3 nitrogen and oxygen atoms in total. The molecule has 0 amide bonds. The summed E-state index contributed by atoms with van der Waals surface area (Å²) in [7, 11) is 1.76. The summed E-state index contributed by atoms with van der Waals surface area (Å²) in [6.07, 6.45) is 1.71. The number of hydrogen-bond acceptors (Lipinski definition) is 2. The van der Waals surface area contributed by atoms with Gasteiger partial charge >= 0.3 is 0 Å². The van der Waals surface area contributed by atoms with E-state index in [1.165, 1.54) is 0 Å². The van der Waals surface area contributed by atoms with Crippen molar-refractivity contribution in [1.29, 1.82) is 0 Å². The third-order valence-corrected chi connectivity index (χ3v) is 2.63. The van der Waals surface area contributed by atoms with E-state index in [1.54, 1.807) is 48.3 Å². The summed E-state index contributed by atoms with van der Waals surface area (Å²) in [5, 5.41) is 4.09. The minimum Gasteiger partial charge on any atom is -0.327 e. The van der Waals surface area contributed by atoms with E-state index >= 15 is 0 Å². The maximum absolute atomic E-state index is 14.8. The molecule has 84 valence electrons. The molecule has 0 saturated heterocycles. The molecule has 1 atom stereocenters. The number of halogens is 1. The Morgan fingerprint density at radius 3 is 2.50 bits per heavy atom. The number of aromatic nitrogens is 2. The first-order valence-electron chi connectivity index (χ1n) is 5.11. The summed E-state index contributed by atoms with van der Waals surface area (Å²) >= 11 is 0. The molecule has 0 saturated carbocycles. The highest BCUT2D eigenvalue weighted by Crippen LogP contribution is 2.31. The van der Waals surface area contributed by atoms with Crippen molar-refractivity contribution in [3.8, 4) is 0 Å². The molecule has 1 aromatic heterocycles. The highest BCUT2D eigenvalue weighted by Gasteiger charge is 2.34. The van der Waals surface area contributed by atoms with Crippen molar-refractivity contribution in [2.75, 3.05) is 6.54 Å². The molecule has 0 fully saturated rings. The Morgan fingerprint density at radius 2 is 2.00 bits per heavy atom. The molecule has 2 aromatic rings. The van der Waals surface area contributed by atoms with Crippen LogP contribution in [0.2, 0.25) is 0 Å². The highest BCUT2D eigenvalue weighted by molar-refractivity contribution is 5.32. The second kappa shape index (κ2) is 4.06. The summed E-state index contributed by atoms with van der Waals surface area (Å²) in [6.45, 7) is -0.117. The van der Waals surface area contributed by atoms with Crippen LogP contribution in [0, 0.1) is 0 Å². The van der Waals surface area contributed by atoms with Gasteiger partial charge in [0.05, 0.1) is 0 Å². The summed E-state index contributed by atoms with van der Waals surface area (Å²) in [5.74, 6) is 0. The lowest BCUT2D eigenvalue weighted by molar-refractivity contribution is 0.224. The van der Waals surface area contributed by atoms with E-state index in [0.29, 0.717) is 11.3 Å². The largest absolute Gasteiger partial charge is 0.327 e. The number of benzene rings is 1. The first-order valence-corrected chi connectivity index (χ1v) is 5.11. The Bertz CT molecular complexity index is 466.